The Kier molecular flexibility index (Phi) is 6.35. The summed E-state index contributed by atoms with van der Waals surface area (Å²) in [4.78, 5) is 29.5. The van der Waals surface area contributed by atoms with E-state index in [4.69, 9.17) is 12.2 Å². The highest BCUT2D eigenvalue weighted by atomic mass is 32.1. The van der Waals surface area contributed by atoms with Crippen LogP contribution in [0.5, 0.6) is 0 Å². The third kappa shape index (κ3) is 4.84. The van der Waals surface area contributed by atoms with Crippen molar-refractivity contribution in [1.82, 2.24) is 25.1 Å². The molecule has 0 aliphatic heterocycles. The van der Waals surface area contributed by atoms with E-state index in [1.807, 2.05) is 26.0 Å². The van der Waals surface area contributed by atoms with Crippen molar-refractivity contribution >= 4 is 40.5 Å². The van der Waals surface area contributed by atoms with Gasteiger partial charge >= 0.3 is 0 Å². The molecule has 2 aromatic heterocycles. The quantitative estimate of drug-likeness (QED) is 0.396. The van der Waals surface area contributed by atoms with Crippen LogP contribution in [0, 0.1) is 18.6 Å². The fourth-order valence-electron chi connectivity index (χ4n) is 2.58. The molecule has 0 radical (unpaired) electrons. The highest BCUT2D eigenvalue weighted by molar-refractivity contribution is 7.71. The predicted octanol–water partition coefficient (Wildman–Crippen LogP) is 3.24. The molecule has 0 saturated heterocycles. The first kappa shape index (κ1) is 20.6. The Morgan fingerprint density at radius 3 is 2.72 bits per heavy atom. The van der Waals surface area contributed by atoms with E-state index in [-0.39, 0.29) is 18.4 Å². The number of nitrogens with one attached hydrogen (secondary N) is 3. The molecule has 0 aliphatic carbocycles. The van der Waals surface area contributed by atoms with E-state index < -0.39 is 0 Å². The molecular weight excluding hydrogens is 408 g/mol. The monoisotopic (exact) mass is 428 g/mol. The number of anilines is 1. The lowest BCUT2D eigenvalue weighted by molar-refractivity contribution is -0.115. The second kappa shape index (κ2) is 8.93. The van der Waals surface area contributed by atoms with Crippen LogP contribution in [0.25, 0.3) is 10.7 Å². The van der Waals surface area contributed by atoms with Gasteiger partial charge in [0.1, 0.15) is 0 Å². The number of hydrogen-bond acceptors (Lipinski definition) is 6. The van der Waals surface area contributed by atoms with Crippen molar-refractivity contribution in [2.75, 3.05) is 11.9 Å². The van der Waals surface area contributed by atoms with E-state index >= 15 is 0 Å². The number of carbonyl (C=O) groups excluding carboxylic acids is 2. The number of aromatic nitrogens is 4. The molecule has 3 rings (SSSR count). The standard InChI is InChI=1S/C19H20N6O2S2/c1-4-9-25-16(23-24-19(25)28)15-12(3)21-18(29-15)22-14(26)10-20-17(27)13-7-5-11(2)6-8-13/h4-8H,1,9-10H2,2-3H3,(H,20,27)(H,24,28)(H,21,22,26). The fourth-order valence-corrected chi connectivity index (χ4v) is 3.77. The zero-order chi connectivity index (χ0) is 21.0. The molecule has 0 atom stereocenters. The molecule has 2 amide bonds. The van der Waals surface area contributed by atoms with Crippen LogP contribution in [-0.2, 0) is 11.3 Å². The molecule has 0 saturated carbocycles. The smallest absolute Gasteiger partial charge is 0.251 e. The molecule has 0 spiro atoms. The van der Waals surface area contributed by atoms with E-state index in [1.165, 1.54) is 11.3 Å². The summed E-state index contributed by atoms with van der Waals surface area (Å²) in [6.07, 6.45) is 1.73. The third-order valence-electron chi connectivity index (χ3n) is 4.04. The van der Waals surface area contributed by atoms with E-state index in [2.05, 4.69) is 32.4 Å². The van der Waals surface area contributed by atoms with Crippen LogP contribution >= 0.6 is 23.6 Å². The van der Waals surface area contributed by atoms with Gasteiger partial charge in [0.15, 0.2) is 15.7 Å². The normalized spacial score (nSPS) is 10.6. The molecular formula is C19H20N6O2S2. The third-order valence-corrected chi connectivity index (χ3v) is 5.42. The molecule has 0 bridgehead atoms. The van der Waals surface area contributed by atoms with Crippen molar-refractivity contribution in [2.24, 2.45) is 0 Å². The van der Waals surface area contributed by atoms with Gasteiger partial charge < -0.3 is 10.6 Å². The Morgan fingerprint density at radius 2 is 2.03 bits per heavy atom. The number of hydrogen-bond donors (Lipinski definition) is 3. The molecule has 3 N–H and O–H groups in total. The van der Waals surface area contributed by atoms with Gasteiger partial charge in [0.05, 0.1) is 17.1 Å². The van der Waals surface area contributed by atoms with Gasteiger partial charge in [-0.1, -0.05) is 35.1 Å². The van der Waals surface area contributed by atoms with E-state index in [1.54, 1.807) is 22.8 Å². The van der Waals surface area contributed by atoms with Crippen LogP contribution in [0.15, 0.2) is 36.9 Å². The summed E-state index contributed by atoms with van der Waals surface area (Å²) < 4.78 is 2.29. The molecule has 3 aromatic rings. The van der Waals surface area contributed by atoms with Gasteiger partial charge in [0.2, 0.25) is 5.91 Å². The highest BCUT2D eigenvalue weighted by Gasteiger charge is 2.17. The van der Waals surface area contributed by atoms with E-state index in [0.29, 0.717) is 33.5 Å². The Morgan fingerprint density at radius 1 is 1.31 bits per heavy atom. The molecule has 0 unspecified atom stereocenters. The summed E-state index contributed by atoms with van der Waals surface area (Å²) in [5.74, 6) is -0.0371. The maximum Gasteiger partial charge on any atom is 0.251 e. The largest absolute Gasteiger partial charge is 0.343 e. The highest BCUT2D eigenvalue weighted by Crippen LogP contribution is 2.31. The maximum absolute atomic E-state index is 12.2. The van der Waals surface area contributed by atoms with Gasteiger partial charge in [-0.05, 0) is 38.2 Å². The van der Waals surface area contributed by atoms with Crippen molar-refractivity contribution in [3.05, 3.63) is 58.5 Å². The first-order chi connectivity index (χ1) is 13.9. The van der Waals surface area contributed by atoms with Gasteiger partial charge in [-0.15, -0.1) is 6.58 Å². The number of nitrogens with zero attached hydrogens (tertiary/aromatic N) is 3. The molecule has 10 heteroatoms. The second-order valence-electron chi connectivity index (χ2n) is 6.28. The van der Waals surface area contributed by atoms with Gasteiger partial charge in [0, 0.05) is 12.1 Å². The summed E-state index contributed by atoms with van der Waals surface area (Å²) in [5, 5.41) is 12.7. The number of thiazole rings is 1. The topological polar surface area (TPSA) is 105 Å². The SMILES string of the molecule is C=CCn1c(-c2sc(NC(=O)CNC(=O)c3ccc(C)cc3)nc2C)n[nH]c1=S. The van der Waals surface area contributed by atoms with Crippen molar-refractivity contribution in [1.29, 1.82) is 0 Å². The average Bonchev–Trinajstić information content (AvgIpc) is 3.23. The zero-order valence-electron chi connectivity index (χ0n) is 16.0. The lowest BCUT2D eigenvalue weighted by Crippen LogP contribution is -2.32. The summed E-state index contributed by atoms with van der Waals surface area (Å²) in [7, 11) is 0. The molecule has 0 fully saturated rings. The van der Waals surface area contributed by atoms with Crippen LogP contribution in [0.2, 0.25) is 0 Å². The van der Waals surface area contributed by atoms with Crippen LogP contribution in [-0.4, -0.2) is 38.1 Å². The van der Waals surface area contributed by atoms with Crippen LogP contribution in [0.3, 0.4) is 0 Å². The number of amides is 2. The molecule has 8 nitrogen and oxygen atoms in total. The molecule has 2 heterocycles. The van der Waals surface area contributed by atoms with Crippen LogP contribution in [0.4, 0.5) is 5.13 Å². The number of carbonyl (C=O) groups is 2. The zero-order valence-corrected chi connectivity index (χ0v) is 17.6. The molecule has 29 heavy (non-hydrogen) atoms. The van der Waals surface area contributed by atoms with Crippen molar-refractivity contribution in [2.45, 2.75) is 20.4 Å². The lowest BCUT2D eigenvalue weighted by Gasteiger charge is -2.05. The number of H-pyrrole nitrogens is 1. The van der Waals surface area contributed by atoms with E-state index in [0.717, 1.165) is 10.4 Å². The van der Waals surface area contributed by atoms with Crippen molar-refractivity contribution in [3.8, 4) is 10.7 Å². The van der Waals surface area contributed by atoms with Crippen LogP contribution in [0.1, 0.15) is 21.6 Å². The Bertz CT molecular complexity index is 1110. The number of aromatic amines is 1. The number of rotatable bonds is 7. The number of allylic oxidation sites excluding steroid dienone is 1. The van der Waals surface area contributed by atoms with Crippen molar-refractivity contribution < 1.29 is 9.59 Å². The summed E-state index contributed by atoms with van der Waals surface area (Å²) in [6, 6.07) is 7.12. The van der Waals surface area contributed by atoms with Crippen molar-refractivity contribution in [3.63, 3.8) is 0 Å². The molecule has 1 aromatic carbocycles. The minimum Gasteiger partial charge on any atom is -0.343 e. The number of benzene rings is 1. The molecule has 0 aliphatic rings. The fraction of sp³-hybridized carbons (Fsp3) is 0.211. The van der Waals surface area contributed by atoms with Gasteiger partial charge in [-0.3, -0.25) is 19.3 Å². The minimum atomic E-state index is -0.365. The summed E-state index contributed by atoms with van der Waals surface area (Å²) in [5.41, 5.74) is 2.28. The van der Waals surface area contributed by atoms with Gasteiger partial charge in [-0.2, -0.15) is 5.10 Å². The average molecular weight is 429 g/mol. The molecule has 150 valence electrons. The predicted molar refractivity (Wildman–Crippen MR) is 116 cm³/mol. The maximum atomic E-state index is 12.2. The van der Waals surface area contributed by atoms with E-state index in [9.17, 15) is 9.59 Å². The Hall–Kier alpha value is -3.11. The number of aryl methyl sites for hydroxylation is 2. The summed E-state index contributed by atoms with van der Waals surface area (Å²) >= 11 is 6.52. The van der Waals surface area contributed by atoms with Gasteiger partial charge in [-0.25, -0.2) is 4.98 Å². The second-order valence-corrected chi connectivity index (χ2v) is 7.67. The minimum absolute atomic E-state index is 0.157. The van der Waals surface area contributed by atoms with Crippen LogP contribution < -0.4 is 10.6 Å². The van der Waals surface area contributed by atoms with Gasteiger partial charge in [0.25, 0.3) is 5.91 Å². The first-order valence-corrected chi connectivity index (χ1v) is 10.00. The lowest BCUT2D eigenvalue weighted by atomic mass is 10.1. The Balaban J connectivity index is 1.65. The first-order valence-electron chi connectivity index (χ1n) is 8.77. The summed E-state index contributed by atoms with van der Waals surface area (Å²) in [6.45, 7) is 7.85. The Labute approximate surface area is 176 Å².